The van der Waals surface area contributed by atoms with E-state index in [4.69, 9.17) is 5.10 Å². The van der Waals surface area contributed by atoms with Crippen LogP contribution in [-0.2, 0) is 7.05 Å². The maximum atomic E-state index is 12.6. The van der Waals surface area contributed by atoms with Gasteiger partial charge in [0.2, 0.25) is 0 Å². The number of carbonyl (C=O) groups is 1. The van der Waals surface area contributed by atoms with Crippen LogP contribution in [0.15, 0.2) is 48.7 Å². The second kappa shape index (κ2) is 5.67. The Bertz CT molecular complexity index is 884. The number of amides is 1. The molecule has 1 aliphatic carbocycles. The molecular formula is C19H20N4O. The molecule has 1 aromatic carbocycles. The fourth-order valence-electron chi connectivity index (χ4n) is 2.77. The Kier molecular flexibility index (Phi) is 3.49. The number of nitrogens with zero attached hydrogens (tertiary/aromatic N) is 3. The highest BCUT2D eigenvalue weighted by Gasteiger charge is 2.26. The minimum absolute atomic E-state index is 0.0639. The third kappa shape index (κ3) is 2.73. The van der Waals surface area contributed by atoms with Crippen LogP contribution in [0.25, 0.3) is 17.1 Å². The van der Waals surface area contributed by atoms with Crippen LogP contribution in [0.4, 0.5) is 0 Å². The second-order valence-corrected chi connectivity index (χ2v) is 6.41. The molecule has 24 heavy (non-hydrogen) atoms. The van der Waals surface area contributed by atoms with Gasteiger partial charge >= 0.3 is 0 Å². The molecular weight excluding hydrogens is 300 g/mol. The van der Waals surface area contributed by atoms with Gasteiger partial charge in [-0.3, -0.25) is 4.79 Å². The number of aryl methyl sites for hydroxylation is 2. The Labute approximate surface area is 140 Å². The lowest BCUT2D eigenvalue weighted by atomic mass is 10.2. The number of hydrogen-bond donors (Lipinski definition) is 1. The molecule has 1 aliphatic rings. The lowest BCUT2D eigenvalue weighted by Crippen LogP contribution is -2.27. The van der Waals surface area contributed by atoms with Crippen molar-refractivity contribution < 1.29 is 4.79 Å². The fourth-order valence-corrected chi connectivity index (χ4v) is 2.77. The summed E-state index contributed by atoms with van der Waals surface area (Å²) in [6.45, 7) is 2.04. The number of nitrogens with one attached hydrogen (secondary N) is 1. The summed E-state index contributed by atoms with van der Waals surface area (Å²) in [5.74, 6) is -0.0639. The van der Waals surface area contributed by atoms with Gasteiger partial charge in [0.15, 0.2) is 0 Å². The predicted molar refractivity (Wildman–Crippen MR) is 93.2 cm³/mol. The molecule has 2 aromatic heterocycles. The van der Waals surface area contributed by atoms with E-state index in [1.165, 1.54) is 5.56 Å². The zero-order valence-electron chi connectivity index (χ0n) is 13.9. The summed E-state index contributed by atoms with van der Waals surface area (Å²) in [6.07, 6.45) is 4.11. The molecule has 0 spiro atoms. The average Bonchev–Trinajstić information content (AvgIpc) is 3.10. The normalized spacial score (nSPS) is 13.9. The molecule has 1 fully saturated rings. The molecule has 122 valence electrons. The Hall–Kier alpha value is -2.82. The van der Waals surface area contributed by atoms with Crippen LogP contribution in [0.2, 0.25) is 0 Å². The molecule has 0 unspecified atom stereocenters. The fraction of sp³-hybridized carbons (Fsp3) is 0.263. The van der Waals surface area contributed by atoms with E-state index < -0.39 is 0 Å². The number of carbonyl (C=O) groups excluding carboxylic acids is 1. The van der Waals surface area contributed by atoms with E-state index in [1.54, 1.807) is 4.68 Å². The van der Waals surface area contributed by atoms with Crippen molar-refractivity contribution in [3.05, 3.63) is 59.9 Å². The Morgan fingerprint density at radius 3 is 2.58 bits per heavy atom. The van der Waals surface area contributed by atoms with E-state index in [0.717, 1.165) is 29.9 Å². The first-order chi connectivity index (χ1) is 11.6. The van der Waals surface area contributed by atoms with Crippen molar-refractivity contribution in [3.63, 3.8) is 0 Å². The summed E-state index contributed by atoms with van der Waals surface area (Å²) in [4.78, 5) is 12.6. The number of aromatic nitrogens is 3. The monoisotopic (exact) mass is 320 g/mol. The van der Waals surface area contributed by atoms with Gasteiger partial charge in [0.25, 0.3) is 5.91 Å². The number of hydrogen-bond acceptors (Lipinski definition) is 2. The van der Waals surface area contributed by atoms with E-state index in [-0.39, 0.29) is 5.91 Å². The quantitative estimate of drug-likeness (QED) is 0.803. The SMILES string of the molecule is Cc1ccc(-n2nc(-c3cccn3C)cc2C(=O)NC2CC2)cc1. The van der Waals surface area contributed by atoms with Crippen molar-refractivity contribution in [2.24, 2.45) is 7.05 Å². The second-order valence-electron chi connectivity index (χ2n) is 6.41. The maximum absolute atomic E-state index is 12.6. The zero-order chi connectivity index (χ0) is 16.7. The average molecular weight is 320 g/mol. The van der Waals surface area contributed by atoms with Crippen LogP contribution in [0.3, 0.4) is 0 Å². The van der Waals surface area contributed by atoms with Crippen molar-refractivity contribution in [2.45, 2.75) is 25.8 Å². The van der Waals surface area contributed by atoms with Gasteiger partial charge in [-0.2, -0.15) is 5.10 Å². The smallest absolute Gasteiger partial charge is 0.270 e. The third-order valence-corrected chi connectivity index (χ3v) is 4.34. The minimum Gasteiger partial charge on any atom is -0.349 e. The van der Waals surface area contributed by atoms with Crippen LogP contribution in [-0.4, -0.2) is 26.3 Å². The molecule has 0 saturated heterocycles. The largest absolute Gasteiger partial charge is 0.349 e. The van der Waals surface area contributed by atoms with Gasteiger partial charge in [-0.1, -0.05) is 17.7 Å². The third-order valence-electron chi connectivity index (χ3n) is 4.34. The lowest BCUT2D eigenvalue weighted by molar-refractivity contribution is 0.0943. The van der Waals surface area contributed by atoms with Crippen molar-refractivity contribution in [1.82, 2.24) is 19.7 Å². The molecule has 2 heterocycles. The summed E-state index contributed by atoms with van der Waals surface area (Å²) in [7, 11) is 1.98. The molecule has 1 amide bonds. The van der Waals surface area contributed by atoms with Crippen LogP contribution in [0.5, 0.6) is 0 Å². The van der Waals surface area contributed by atoms with Gasteiger partial charge < -0.3 is 9.88 Å². The van der Waals surface area contributed by atoms with Crippen LogP contribution < -0.4 is 5.32 Å². The maximum Gasteiger partial charge on any atom is 0.270 e. The molecule has 0 aliphatic heterocycles. The van der Waals surface area contributed by atoms with Gasteiger partial charge in [0.1, 0.15) is 11.4 Å². The first-order valence-corrected chi connectivity index (χ1v) is 8.21. The molecule has 3 aromatic rings. The van der Waals surface area contributed by atoms with Gasteiger partial charge in [-0.25, -0.2) is 4.68 Å². The van der Waals surface area contributed by atoms with Crippen LogP contribution >= 0.6 is 0 Å². The molecule has 0 atom stereocenters. The first kappa shape index (κ1) is 14.8. The van der Waals surface area contributed by atoms with Gasteiger partial charge in [0, 0.05) is 19.3 Å². The zero-order valence-corrected chi connectivity index (χ0v) is 13.9. The summed E-state index contributed by atoms with van der Waals surface area (Å²) >= 11 is 0. The van der Waals surface area contributed by atoms with Crippen molar-refractivity contribution >= 4 is 5.91 Å². The van der Waals surface area contributed by atoms with Gasteiger partial charge in [-0.05, 0) is 50.1 Å². The van der Waals surface area contributed by atoms with Crippen molar-refractivity contribution in [3.8, 4) is 17.1 Å². The summed E-state index contributed by atoms with van der Waals surface area (Å²) in [5.41, 5.74) is 4.42. The van der Waals surface area contributed by atoms with Crippen LogP contribution in [0, 0.1) is 6.92 Å². The predicted octanol–water partition coefficient (Wildman–Crippen LogP) is 3.08. The van der Waals surface area contributed by atoms with E-state index in [0.29, 0.717) is 11.7 Å². The molecule has 0 radical (unpaired) electrons. The molecule has 4 rings (SSSR count). The highest BCUT2D eigenvalue weighted by Crippen LogP contribution is 2.24. The van der Waals surface area contributed by atoms with Gasteiger partial charge in [0.05, 0.1) is 11.4 Å². The topological polar surface area (TPSA) is 51.9 Å². The summed E-state index contributed by atoms with van der Waals surface area (Å²) < 4.78 is 3.74. The molecule has 5 nitrogen and oxygen atoms in total. The van der Waals surface area contributed by atoms with Gasteiger partial charge in [-0.15, -0.1) is 0 Å². The Morgan fingerprint density at radius 1 is 1.21 bits per heavy atom. The van der Waals surface area contributed by atoms with E-state index in [1.807, 2.05) is 67.2 Å². The van der Waals surface area contributed by atoms with Crippen molar-refractivity contribution in [1.29, 1.82) is 0 Å². The van der Waals surface area contributed by atoms with E-state index in [9.17, 15) is 4.79 Å². The molecule has 1 saturated carbocycles. The van der Waals surface area contributed by atoms with E-state index >= 15 is 0 Å². The highest BCUT2D eigenvalue weighted by molar-refractivity contribution is 5.94. The minimum atomic E-state index is -0.0639. The van der Waals surface area contributed by atoms with E-state index in [2.05, 4.69) is 5.32 Å². The molecule has 1 N–H and O–H groups in total. The van der Waals surface area contributed by atoms with Crippen LogP contribution in [0.1, 0.15) is 28.9 Å². The summed E-state index contributed by atoms with van der Waals surface area (Å²) in [6, 6.07) is 14.2. The molecule has 5 heteroatoms. The Morgan fingerprint density at radius 2 is 1.96 bits per heavy atom. The van der Waals surface area contributed by atoms with Crippen molar-refractivity contribution in [2.75, 3.05) is 0 Å². The molecule has 0 bridgehead atoms. The first-order valence-electron chi connectivity index (χ1n) is 8.21. The summed E-state index contributed by atoms with van der Waals surface area (Å²) in [5, 5.41) is 7.76. The standard InChI is InChI=1S/C19H20N4O/c1-13-5-9-15(10-6-13)23-18(19(24)20-14-7-8-14)12-16(21-23)17-4-3-11-22(17)2/h3-6,9-12,14H,7-8H2,1-2H3,(H,20,24). The lowest BCUT2D eigenvalue weighted by Gasteiger charge is -2.08. The Balaban J connectivity index is 1.79. The number of rotatable bonds is 4. The highest BCUT2D eigenvalue weighted by atomic mass is 16.2. The number of benzene rings is 1.